The van der Waals surface area contributed by atoms with Crippen molar-refractivity contribution < 1.29 is 23.6 Å². The SMILES string of the molecule is COC(=O)c1ccc(/C=C/C(=O)OCc2nc(C(C)C)no2)cc1. The van der Waals surface area contributed by atoms with Crippen LogP contribution >= 0.6 is 0 Å². The largest absolute Gasteiger partial charge is 0.465 e. The van der Waals surface area contributed by atoms with Crippen molar-refractivity contribution in [2.45, 2.75) is 26.4 Å². The Hall–Kier alpha value is -2.96. The van der Waals surface area contributed by atoms with E-state index in [1.807, 2.05) is 13.8 Å². The number of carbonyl (C=O) groups is 2. The van der Waals surface area contributed by atoms with E-state index in [1.165, 1.54) is 13.2 Å². The Kier molecular flexibility index (Phi) is 5.83. The Morgan fingerprint density at radius 1 is 1.25 bits per heavy atom. The normalized spacial score (nSPS) is 11.0. The van der Waals surface area contributed by atoms with E-state index in [0.29, 0.717) is 11.4 Å². The van der Waals surface area contributed by atoms with Gasteiger partial charge < -0.3 is 14.0 Å². The van der Waals surface area contributed by atoms with E-state index >= 15 is 0 Å². The number of methoxy groups -OCH3 is 1. The Labute approximate surface area is 139 Å². The molecule has 0 radical (unpaired) electrons. The summed E-state index contributed by atoms with van der Waals surface area (Å²) in [6.07, 6.45) is 2.86. The molecule has 1 aromatic carbocycles. The highest BCUT2D eigenvalue weighted by Gasteiger charge is 2.10. The highest BCUT2D eigenvalue weighted by Crippen LogP contribution is 2.11. The minimum Gasteiger partial charge on any atom is -0.465 e. The van der Waals surface area contributed by atoms with Crippen LogP contribution in [0.4, 0.5) is 0 Å². The third-order valence-electron chi connectivity index (χ3n) is 3.08. The van der Waals surface area contributed by atoms with Crippen LogP contribution in [0.3, 0.4) is 0 Å². The Balaban J connectivity index is 1.87. The summed E-state index contributed by atoms with van der Waals surface area (Å²) in [5.74, 6) is 0.0258. The summed E-state index contributed by atoms with van der Waals surface area (Å²) in [5.41, 5.74) is 1.19. The number of rotatable bonds is 6. The van der Waals surface area contributed by atoms with Crippen molar-refractivity contribution in [3.8, 4) is 0 Å². The van der Waals surface area contributed by atoms with Crippen molar-refractivity contribution in [3.63, 3.8) is 0 Å². The fourth-order valence-electron chi connectivity index (χ4n) is 1.75. The van der Waals surface area contributed by atoms with Crippen molar-refractivity contribution >= 4 is 18.0 Å². The van der Waals surface area contributed by atoms with Gasteiger partial charge >= 0.3 is 11.9 Å². The fourth-order valence-corrected chi connectivity index (χ4v) is 1.75. The molecule has 0 aliphatic heterocycles. The zero-order chi connectivity index (χ0) is 17.5. The molecule has 0 aliphatic rings. The molecule has 7 nitrogen and oxygen atoms in total. The molecular formula is C17H18N2O5. The topological polar surface area (TPSA) is 91.5 Å². The highest BCUT2D eigenvalue weighted by atomic mass is 16.6. The Bertz CT molecular complexity index is 732. The van der Waals surface area contributed by atoms with Crippen LogP contribution in [0.1, 0.15) is 47.4 Å². The lowest BCUT2D eigenvalue weighted by atomic mass is 10.1. The number of aromatic nitrogens is 2. The molecular weight excluding hydrogens is 312 g/mol. The van der Waals surface area contributed by atoms with E-state index < -0.39 is 11.9 Å². The lowest BCUT2D eigenvalue weighted by molar-refractivity contribution is -0.139. The van der Waals surface area contributed by atoms with Gasteiger partial charge in [-0.25, -0.2) is 9.59 Å². The van der Waals surface area contributed by atoms with Crippen LogP contribution in [0, 0.1) is 0 Å². The predicted molar refractivity (Wildman–Crippen MR) is 85.0 cm³/mol. The van der Waals surface area contributed by atoms with Crippen molar-refractivity contribution in [1.29, 1.82) is 0 Å². The van der Waals surface area contributed by atoms with Gasteiger partial charge in [0.1, 0.15) is 0 Å². The third-order valence-corrected chi connectivity index (χ3v) is 3.08. The van der Waals surface area contributed by atoms with Gasteiger partial charge in [0.15, 0.2) is 12.4 Å². The van der Waals surface area contributed by atoms with Gasteiger partial charge in [0.2, 0.25) is 0 Å². The van der Waals surface area contributed by atoms with Crippen molar-refractivity contribution in [2.24, 2.45) is 0 Å². The number of esters is 2. The van der Waals surface area contributed by atoms with Gasteiger partial charge in [-0.15, -0.1) is 0 Å². The van der Waals surface area contributed by atoms with E-state index in [1.54, 1.807) is 30.3 Å². The van der Waals surface area contributed by atoms with Crippen LogP contribution in [-0.2, 0) is 20.9 Å². The average Bonchev–Trinajstić information content (AvgIpc) is 3.07. The number of carbonyl (C=O) groups excluding carboxylic acids is 2. The fraction of sp³-hybridized carbons (Fsp3) is 0.294. The van der Waals surface area contributed by atoms with E-state index in [-0.39, 0.29) is 18.4 Å². The van der Waals surface area contributed by atoms with Gasteiger partial charge in [-0.3, -0.25) is 0 Å². The number of hydrogen-bond acceptors (Lipinski definition) is 7. The first kappa shape index (κ1) is 17.4. The van der Waals surface area contributed by atoms with Gasteiger partial charge in [-0.05, 0) is 23.8 Å². The van der Waals surface area contributed by atoms with Crippen LogP contribution in [0.5, 0.6) is 0 Å². The van der Waals surface area contributed by atoms with Gasteiger partial charge in [-0.2, -0.15) is 4.98 Å². The lowest BCUT2D eigenvalue weighted by Gasteiger charge is -1.99. The van der Waals surface area contributed by atoms with E-state index in [0.717, 1.165) is 5.56 Å². The molecule has 0 fully saturated rings. The van der Waals surface area contributed by atoms with Crippen molar-refractivity contribution in [2.75, 3.05) is 7.11 Å². The minimum atomic E-state index is -0.531. The van der Waals surface area contributed by atoms with Crippen LogP contribution in [0.25, 0.3) is 6.08 Å². The second-order valence-electron chi connectivity index (χ2n) is 5.26. The average molecular weight is 330 g/mol. The van der Waals surface area contributed by atoms with Crippen LogP contribution in [0.2, 0.25) is 0 Å². The summed E-state index contributed by atoms with van der Waals surface area (Å²) in [5, 5.41) is 3.78. The maximum absolute atomic E-state index is 11.7. The molecule has 0 bridgehead atoms. The summed E-state index contributed by atoms with van der Waals surface area (Å²) >= 11 is 0. The van der Waals surface area contributed by atoms with Gasteiger partial charge in [-0.1, -0.05) is 31.1 Å². The maximum atomic E-state index is 11.7. The third kappa shape index (κ3) is 4.77. The summed E-state index contributed by atoms with van der Waals surface area (Å²) < 4.78 is 14.6. The minimum absolute atomic E-state index is 0.0792. The molecule has 0 aliphatic carbocycles. The molecule has 1 aromatic heterocycles. The van der Waals surface area contributed by atoms with Crippen LogP contribution < -0.4 is 0 Å². The molecule has 1 heterocycles. The highest BCUT2D eigenvalue weighted by molar-refractivity contribution is 5.90. The second kappa shape index (κ2) is 8.05. The first-order valence-electron chi connectivity index (χ1n) is 7.35. The smallest absolute Gasteiger partial charge is 0.337 e. The molecule has 0 N–H and O–H groups in total. The predicted octanol–water partition coefficient (Wildman–Crippen LogP) is 2.74. The van der Waals surface area contributed by atoms with Crippen molar-refractivity contribution in [3.05, 3.63) is 53.2 Å². The molecule has 0 saturated carbocycles. The first-order valence-corrected chi connectivity index (χ1v) is 7.35. The molecule has 0 amide bonds. The lowest BCUT2D eigenvalue weighted by Crippen LogP contribution is -2.01. The Morgan fingerprint density at radius 3 is 2.54 bits per heavy atom. The quantitative estimate of drug-likeness (QED) is 0.594. The van der Waals surface area contributed by atoms with E-state index in [9.17, 15) is 9.59 Å². The van der Waals surface area contributed by atoms with Crippen molar-refractivity contribution in [1.82, 2.24) is 10.1 Å². The number of ether oxygens (including phenoxy) is 2. The molecule has 2 rings (SSSR count). The molecule has 2 aromatic rings. The molecule has 0 saturated heterocycles. The molecule has 126 valence electrons. The summed E-state index contributed by atoms with van der Waals surface area (Å²) in [4.78, 5) is 27.1. The Morgan fingerprint density at radius 2 is 1.96 bits per heavy atom. The monoisotopic (exact) mass is 330 g/mol. The number of benzene rings is 1. The van der Waals surface area contributed by atoms with Crippen LogP contribution in [-0.4, -0.2) is 29.2 Å². The molecule has 0 atom stereocenters. The van der Waals surface area contributed by atoms with Gasteiger partial charge in [0.25, 0.3) is 5.89 Å². The first-order chi connectivity index (χ1) is 11.5. The zero-order valence-corrected chi connectivity index (χ0v) is 13.7. The number of nitrogens with zero attached hydrogens (tertiary/aromatic N) is 2. The summed E-state index contributed by atoms with van der Waals surface area (Å²) in [6.45, 7) is 3.80. The maximum Gasteiger partial charge on any atom is 0.337 e. The molecule has 7 heteroatoms. The van der Waals surface area contributed by atoms with Gasteiger partial charge in [0.05, 0.1) is 12.7 Å². The van der Waals surface area contributed by atoms with E-state index in [4.69, 9.17) is 9.26 Å². The zero-order valence-electron chi connectivity index (χ0n) is 13.7. The van der Waals surface area contributed by atoms with Gasteiger partial charge in [0, 0.05) is 12.0 Å². The standard InChI is InChI=1S/C17H18N2O5/c1-11(2)16-18-14(24-19-16)10-23-15(20)9-6-12-4-7-13(8-5-12)17(21)22-3/h4-9,11H,10H2,1-3H3/b9-6+. The van der Waals surface area contributed by atoms with Crippen LogP contribution in [0.15, 0.2) is 34.9 Å². The molecule has 0 unspecified atom stereocenters. The summed E-state index contributed by atoms with van der Waals surface area (Å²) in [7, 11) is 1.32. The number of hydrogen-bond donors (Lipinski definition) is 0. The molecule has 0 spiro atoms. The second-order valence-corrected chi connectivity index (χ2v) is 5.26. The summed E-state index contributed by atoms with van der Waals surface area (Å²) in [6, 6.07) is 6.62. The van der Waals surface area contributed by atoms with E-state index in [2.05, 4.69) is 14.9 Å². The molecule has 24 heavy (non-hydrogen) atoms.